The van der Waals surface area contributed by atoms with E-state index in [4.69, 9.17) is 15.2 Å². The summed E-state index contributed by atoms with van der Waals surface area (Å²) in [6.45, 7) is 1.92. The summed E-state index contributed by atoms with van der Waals surface area (Å²) >= 11 is 3.37. The largest absolute Gasteiger partial charge is 0.494 e. The van der Waals surface area contributed by atoms with E-state index < -0.39 is 5.82 Å². The van der Waals surface area contributed by atoms with E-state index in [1.165, 1.54) is 19.2 Å². The molecule has 3 nitrogen and oxygen atoms in total. The lowest BCUT2D eigenvalue weighted by molar-refractivity contribution is 0.382. The number of methoxy groups -OCH3 is 1. The van der Waals surface area contributed by atoms with Crippen LogP contribution < -0.4 is 15.2 Å². The van der Waals surface area contributed by atoms with Crippen molar-refractivity contribution >= 4 is 21.6 Å². The minimum absolute atomic E-state index is 0.0943. The van der Waals surface area contributed by atoms with E-state index in [0.717, 1.165) is 10.0 Å². The van der Waals surface area contributed by atoms with Crippen LogP contribution in [0.25, 0.3) is 0 Å². The molecular formula is C14H13BrFNO2. The molecule has 0 fully saturated rings. The van der Waals surface area contributed by atoms with E-state index in [1.807, 2.05) is 25.1 Å². The number of ether oxygens (including phenoxy) is 2. The van der Waals surface area contributed by atoms with Crippen molar-refractivity contribution in [3.63, 3.8) is 0 Å². The van der Waals surface area contributed by atoms with Gasteiger partial charge in [-0.1, -0.05) is 22.0 Å². The van der Waals surface area contributed by atoms with Crippen LogP contribution in [-0.2, 0) is 0 Å². The van der Waals surface area contributed by atoms with Gasteiger partial charge in [-0.3, -0.25) is 0 Å². The van der Waals surface area contributed by atoms with Gasteiger partial charge >= 0.3 is 0 Å². The molecule has 19 heavy (non-hydrogen) atoms. The highest BCUT2D eigenvalue weighted by molar-refractivity contribution is 9.10. The van der Waals surface area contributed by atoms with Crippen LogP contribution in [0.4, 0.5) is 10.1 Å². The molecule has 2 aromatic carbocycles. The Hall–Kier alpha value is -1.75. The van der Waals surface area contributed by atoms with Gasteiger partial charge in [-0.05, 0) is 24.6 Å². The van der Waals surface area contributed by atoms with E-state index in [0.29, 0.717) is 11.5 Å². The molecule has 2 aromatic rings. The summed E-state index contributed by atoms with van der Waals surface area (Å²) in [4.78, 5) is 0. The maximum Gasteiger partial charge on any atom is 0.167 e. The van der Waals surface area contributed by atoms with Crippen LogP contribution in [0.1, 0.15) is 5.56 Å². The molecule has 0 spiro atoms. The zero-order chi connectivity index (χ0) is 14.0. The molecule has 0 unspecified atom stereocenters. The zero-order valence-electron chi connectivity index (χ0n) is 10.5. The quantitative estimate of drug-likeness (QED) is 0.856. The van der Waals surface area contributed by atoms with Gasteiger partial charge in [0.05, 0.1) is 12.8 Å². The number of nitrogen functional groups attached to an aromatic ring is 1. The molecule has 0 heterocycles. The van der Waals surface area contributed by atoms with Crippen molar-refractivity contribution in [2.75, 3.05) is 12.8 Å². The van der Waals surface area contributed by atoms with Crippen LogP contribution in [0.15, 0.2) is 34.8 Å². The van der Waals surface area contributed by atoms with Gasteiger partial charge in [0.2, 0.25) is 0 Å². The third-order valence-corrected chi connectivity index (χ3v) is 3.15. The van der Waals surface area contributed by atoms with Crippen molar-refractivity contribution in [3.8, 4) is 17.2 Å². The summed E-state index contributed by atoms with van der Waals surface area (Å²) in [5, 5.41) is 0. The minimum atomic E-state index is -0.515. The van der Waals surface area contributed by atoms with Crippen LogP contribution in [0, 0.1) is 12.7 Å². The summed E-state index contributed by atoms with van der Waals surface area (Å²) in [5.41, 5.74) is 6.92. The highest BCUT2D eigenvalue weighted by Gasteiger charge is 2.11. The lowest BCUT2D eigenvalue weighted by atomic mass is 10.2. The maximum atomic E-state index is 13.4. The fourth-order valence-electron chi connectivity index (χ4n) is 1.60. The van der Waals surface area contributed by atoms with Crippen LogP contribution in [-0.4, -0.2) is 7.11 Å². The predicted octanol–water partition coefficient (Wildman–Crippen LogP) is 4.28. The highest BCUT2D eigenvalue weighted by Crippen LogP contribution is 2.35. The van der Waals surface area contributed by atoms with Gasteiger partial charge in [-0.25, -0.2) is 4.39 Å². The Morgan fingerprint density at radius 2 is 1.84 bits per heavy atom. The topological polar surface area (TPSA) is 44.5 Å². The Bertz CT molecular complexity index is 617. The fraction of sp³-hybridized carbons (Fsp3) is 0.143. The second kappa shape index (κ2) is 5.48. The molecule has 2 rings (SSSR count). The van der Waals surface area contributed by atoms with Crippen molar-refractivity contribution in [1.29, 1.82) is 0 Å². The Morgan fingerprint density at radius 3 is 2.53 bits per heavy atom. The van der Waals surface area contributed by atoms with Gasteiger partial charge in [0, 0.05) is 16.6 Å². The summed E-state index contributed by atoms with van der Waals surface area (Å²) in [5.74, 6) is 0.587. The van der Waals surface area contributed by atoms with Crippen LogP contribution in [0.5, 0.6) is 17.2 Å². The monoisotopic (exact) mass is 325 g/mol. The summed E-state index contributed by atoms with van der Waals surface area (Å²) < 4.78 is 25.0. The van der Waals surface area contributed by atoms with Gasteiger partial charge in [0.25, 0.3) is 0 Å². The van der Waals surface area contributed by atoms with Crippen molar-refractivity contribution in [1.82, 2.24) is 0 Å². The Morgan fingerprint density at radius 1 is 1.11 bits per heavy atom. The molecule has 0 saturated heterocycles. The van der Waals surface area contributed by atoms with Crippen molar-refractivity contribution in [2.24, 2.45) is 0 Å². The first-order valence-electron chi connectivity index (χ1n) is 5.58. The standard InChI is InChI=1S/C14H13BrFNO2/c1-8-3-4-9(15)5-12(8)19-14-7-13(18-2)10(16)6-11(14)17/h3-7H,17H2,1-2H3. The molecule has 0 bridgehead atoms. The number of benzene rings is 2. The molecule has 0 aliphatic heterocycles. The molecular weight excluding hydrogens is 313 g/mol. The number of halogens is 2. The molecule has 0 saturated carbocycles. The van der Waals surface area contributed by atoms with E-state index in [-0.39, 0.29) is 11.4 Å². The van der Waals surface area contributed by atoms with Gasteiger partial charge < -0.3 is 15.2 Å². The van der Waals surface area contributed by atoms with E-state index in [1.54, 1.807) is 0 Å². The summed E-state index contributed by atoms with van der Waals surface area (Å²) in [6, 6.07) is 8.27. The first-order chi connectivity index (χ1) is 9.01. The molecule has 0 aromatic heterocycles. The van der Waals surface area contributed by atoms with E-state index >= 15 is 0 Å². The lowest BCUT2D eigenvalue weighted by Crippen LogP contribution is -1.97. The number of anilines is 1. The normalized spacial score (nSPS) is 10.3. The molecule has 5 heteroatoms. The average Bonchev–Trinajstić information content (AvgIpc) is 2.37. The maximum absolute atomic E-state index is 13.4. The molecule has 2 N–H and O–H groups in total. The number of hydrogen-bond donors (Lipinski definition) is 1. The Labute approximate surface area is 119 Å². The van der Waals surface area contributed by atoms with Crippen molar-refractivity contribution in [2.45, 2.75) is 6.92 Å². The van der Waals surface area contributed by atoms with E-state index in [9.17, 15) is 4.39 Å². The molecule has 0 radical (unpaired) electrons. The lowest BCUT2D eigenvalue weighted by Gasteiger charge is -2.13. The minimum Gasteiger partial charge on any atom is -0.494 e. The summed E-state index contributed by atoms with van der Waals surface area (Å²) in [7, 11) is 1.39. The molecule has 0 aliphatic rings. The highest BCUT2D eigenvalue weighted by atomic mass is 79.9. The Kier molecular flexibility index (Phi) is 3.95. The Balaban J connectivity index is 2.40. The number of rotatable bonds is 3. The fourth-order valence-corrected chi connectivity index (χ4v) is 1.94. The van der Waals surface area contributed by atoms with Gasteiger partial charge in [0.1, 0.15) is 5.75 Å². The first kappa shape index (κ1) is 13.7. The second-order valence-electron chi connectivity index (χ2n) is 4.04. The third-order valence-electron chi connectivity index (χ3n) is 2.65. The average molecular weight is 326 g/mol. The number of hydrogen-bond acceptors (Lipinski definition) is 3. The third kappa shape index (κ3) is 2.98. The molecule has 100 valence electrons. The number of aryl methyl sites for hydroxylation is 1. The predicted molar refractivity (Wildman–Crippen MR) is 76.3 cm³/mol. The smallest absolute Gasteiger partial charge is 0.167 e. The van der Waals surface area contributed by atoms with Gasteiger partial charge in [0.15, 0.2) is 17.3 Å². The second-order valence-corrected chi connectivity index (χ2v) is 4.95. The van der Waals surface area contributed by atoms with Crippen LogP contribution in [0.2, 0.25) is 0 Å². The summed E-state index contributed by atoms with van der Waals surface area (Å²) in [6.07, 6.45) is 0. The van der Waals surface area contributed by atoms with E-state index in [2.05, 4.69) is 15.9 Å². The first-order valence-corrected chi connectivity index (χ1v) is 6.37. The van der Waals surface area contributed by atoms with Crippen LogP contribution >= 0.6 is 15.9 Å². The SMILES string of the molecule is COc1cc(Oc2cc(Br)ccc2C)c(N)cc1F. The van der Waals surface area contributed by atoms with Gasteiger partial charge in [-0.15, -0.1) is 0 Å². The van der Waals surface area contributed by atoms with Crippen molar-refractivity contribution in [3.05, 3.63) is 46.2 Å². The van der Waals surface area contributed by atoms with Crippen LogP contribution in [0.3, 0.4) is 0 Å². The molecule has 0 amide bonds. The number of nitrogens with two attached hydrogens (primary N) is 1. The molecule has 0 aliphatic carbocycles. The zero-order valence-corrected chi connectivity index (χ0v) is 12.1. The van der Waals surface area contributed by atoms with Crippen molar-refractivity contribution < 1.29 is 13.9 Å². The van der Waals surface area contributed by atoms with Gasteiger partial charge in [-0.2, -0.15) is 0 Å². The molecule has 0 atom stereocenters.